The highest BCUT2D eigenvalue weighted by Gasteiger charge is 2.33. The van der Waals surface area contributed by atoms with E-state index >= 15 is 0 Å². The minimum Gasteiger partial charge on any atom is -0.393 e. The van der Waals surface area contributed by atoms with E-state index in [9.17, 15) is 14.7 Å². The molecule has 3 aliphatic rings. The van der Waals surface area contributed by atoms with Crippen molar-refractivity contribution in [1.29, 1.82) is 0 Å². The number of nitrogens with zero attached hydrogens (tertiary/aromatic N) is 4. The molecular weight excluding hydrogens is 456 g/mol. The maximum Gasteiger partial charge on any atom is 0.259 e. The first-order valence-corrected chi connectivity index (χ1v) is 12.6. The van der Waals surface area contributed by atoms with E-state index in [1.54, 1.807) is 6.20 Å². The summed E-state index contributed by atoms with van der Waals surface area (Å²) in [4.78, 5) is 32.9. The Morgan fingerprint density at radius 2 is 2.06 bits per heavy atom. The van der Waals surface area contributed by atoms with E-state index in [0.29, 0.717) is 24.3 Å². The number of carbonyl (C=O) groups is 2. The number of nitrogens with one attached hydrogen (secondary N) is 1. The zero-order valence-electron chi connectivity index (χ0n) is 20.5. The van der Waals surface area contributed by atoms with Crippen molar-refractivity contribution in [2.75, 3.05) is 5.73 Å². The molecule has 6 rings (SSSR count). The number of aromatic nitrogens is 3. The molecule has 2 atom stereocenters. The van der Waals surface area contributed by atoms with Gasteiger partial charge < -0.3 is 21.1 Å². The van der Waals surface area contributed by atoms with Gasteiger partial charge in [-0.3, -0.25) is 9.59 Å². The Morgan fingerprint density at radius 1 is 1.25 bits per heavy atom. The maximum atomic E-state index is 13.2. The summed E-state index contributed by atoms with van der Waals surface area (Å²) in [5.41, 5.74) is 13.4. The summed E-state index contributed by atoms with van der Waals surface area (Å²) < 4.78 is 1.51. The summed E-state index contributed by atoms with van der Waals surface area (Å²) in [6.45, 7) is 4.54. The Morgan fingerprint density at radius 3 is 2.81 bits per heavy atom. The molecule has 0 radical (unpaired) electrons. The van der Waals surface area contributed by atoms with Crippen LogP contribution in [-0.4, -0.2) is 48.6 Å². The van der Waals surface area contributed by atoms with Crippen molar-refractivity contribution >= 4 is 23.3 Å². The van der Waals surface area contributed by atoms with E-state index in [-0.39, 0.29) is 29.2 Å². The number of anilines is 1. The Kier molecular flexibility index (Phi) is 5.33. The molecule has 3 heterocycles. The highest BCUT2D eigenvalue weighted by Crippen LogP contribution is 2.38. The van der Waals surface area contributed by atoms with Gasteiger partial charge in [0.1, 0.15) is 5.56 Å². The SMILES string of the molecule is CC(=C1CC1)N1Cc2cc(-c3ccn4nc(N)c(C(=O)N[C@H]5CCC[C@@H](O)C5)c4n3)cc(C)c2C1=O. The number of amides is 2. The molecule has 2 aromatic heterocycles. The van der Waals surface area contributed by atoms with Crippen LogP contribution in [0.3, 0.4) is 0 Å². The topological polar surface area (TPSA) is 126 Å². The van der Waals surface area contributed by atoms with Crippen LogP contribution in [0.4, 0.5) is 5.82 Å². The fourth-order valence-electron chi connectivity index (χ4n) is 5.58. The zero-order chi connectivity index (χ0) is 25.1. The summed E-state index contributed by atoms with van der Waals surface area (Å²) in [5.74, 6) is -0.158. The molecule has 9 nitrogen and oxygen atoms in total. The van der Waals surface area contributed by atoms with Gasteiger partial charge in [0.15, 0.2) is 11.5 Å². The number of hydrogen-bond acceptors (Lipinski definition) is 6. The highest BCUT2D eigenvalue weighted by atomic mass is 16.3. The Balaban J connectivity index is 1.34. The fourth-order valence-corrected chi connectivity index (χ4v) is 5.58. The molecule has 0 saturated heterocycles. The molecule has 2 fully saturated rings. The second-order valence-corrected chi connectivity index (χ2v) is 10.2. The molecule has 2 aliphatic carbocycles. The lowest BCUT2D eigenvalue weighted by Crippen LogP contribution is -2.40. The number of aliphatic hydroxyl groups is 1. The Labute approximate surface area is 209 Å². The van der Waals surface area contributed by atoms with E-state index < -0.39 is 6.10 Å². The first kappa shape index (κ1) is 22.7. The first-order valence-electron chi connectivity index (χ1n) is 12.6. The van der Waals surface area contributed by atoms with E-state index in [2.05, 4.69) is 10.4 Å². The molecule has 1 aliphatic heterocycles. The number of rotatable bonds is 4. The van der Waals surface area contributed by atoms with E-state index in [4.69, 9.17) is 10.7 Å². The molecule has 3 aromatic rings. The normalized spacial score (nSPS) is 21.1. The number of aliphatic hydroxyl groups excluding tert-OH is 1. The van der Waals surface area contributed by atoms with Gasteiger partial charge in [-0.2, -0.15) is 0 Å². The Hall–Kier alpha value is -3.72. The van der Waals surface area contributed by atoms with Crippen LogP contribution in [-0.2, 0) is 6.54 Å². The number of carbonyl (C=O) groups excluding carboxylic acids is 2. The summed E-state index contributed by atoms with van der Waals surface area (Å²) >= 11 is 0. The van der Waals surface area contributed by atoms with Crippen molar-refractivity contribution in [3.63, 3.8) is 0 Å². The quantitative estimate of drug-likeness (QED) is 0.519. The van der Waals surface area contributed by atoms with Crippen molar-refractivity contribution in [2.45, 2.75) is 71.1 Å². The number of benzene rings is 1. The van der Waals surface area contributed by atoms with Crippen LogP contribution in [0, 0.1) is 6.92 Å². The van der Waals surface area contributed by atoms with Crippen LogP contribution < -0.4 is 11.1 Å². The van der Waals surface area contributed by atoms with Gasteiger partial charge >= 0.3 is 0 Å². The van der Waals surface area contributed by atoms with Crippen molar-refractivity contribution < 1.29 is 14.7 Å². The summed E-state index contributed by atoms with van der Waals surface area (Å²) in [6.07, 6.45) is 6.48. The van der Waals surface area contributed by atoms with Gasteiger partial charge in [-0.05, 0) is 81.7 Å². The number of nitrogens with two attached hydrogens (primary N) is 1. The lowest BCUT2D eigenvalue weighted by molar-refractivity contribution is 0.0822. The van der Waals surface area contributed by atoms with Crippen LogP contribution in [0.25, 0.3) is 16.9 Å². The zero-order valence-corrected chi connectivity index (χ0v) is 20.5. The molecule has 1 aromatic carbocycles. The summed E-state index contributed by atoms with van der Waals surface area (Å²) in [6, 6.07) is 5.73. The van der Waals surface area contributed by atoms with Crippen LogP contribution in [0.5, 0.6) is 0 Å². The predicted molar refractivity (Wildman–Crippen MR) is 135 cm³/mol. The molecule has 186 valence electrons. The lowest BCUT2D eigenvalue weighted by atomic mass is 9.93. The van der Waals surface area contributed by atoms with Crippen LogP contribution in [0.1, 0.15) is 77.3 Å². The van der Waals surface area contributed by atoms with E-state index in [1.807, 2.05) is 36.9 Å². The Bertz CT molecular complexity index is 1450. The number of allylic oxidation sites excluding steroid dienone is 2. The molecule has 2 amide bonds. The molecule has 0 spiro atoms. The van der Waals surface area contributed by atoms with Gasteiger partial charge in [-0.15, -0.1) is 5.10 Å². The standard InChI is InChI=1S/C27H30N6O3/c1-14-10-17(11-18-13-32(27(36)22(14)18)15(2)16-6-7-16)21-8-9-33-25(30-21)23(24(28)31-33)26(35)29-19-4-3-5-20(34)12-19/h8-11,19-20,34H,3-7,12-13H2,1-2H3,(H2,28,31)(H,29,35)/t19-,20+/m0/s1. The first-order chi connectivity index (χ1) is 17.3. The lowest BCUT2D eigenvalue weighted by Gasteiger charge is -2.26. The van der Waals surface area contributed by atoms with Gasteiger partial charge in [0, 0.05) is 29.1 Å². The van der Waals surface area contributed by atoms with Gasteiger partial charge in [0.05, 0.1) is 18.3 Å². The van der Waals surface area contributed by atoms with Crippen LogP contribution >= 0.6 is 0 Å². The van der Waals surface area contributed by atoms with Gasteiger partial charge in [-0.25, -0.2) is 9.50 Å². The monoisotopic (exact) mass is 486 g/mol. The molecule has 9 heteroatoms. The number of nitrogen functional groups attached to an aromatic ring is 1. The predicted octanol–water partition coefficient (Wildman–Crippen LogP) is 3.34. The second kappa shape index (κ2) is 8.44. The summed E-state index contributed by atoms with van der Waals surface area (Å²) in [7, 11) is 0. The van der Waals surface area contributed by atoms with Crippen LogP contribution in [0.15, 0.2) is 35.7 Å². The fraction of sp³-hybridized carbons (Fsp3) is 0.407. The number of fused-ring (bicyclic) bond motifs is 2. The molecule has 4 N–H and O–H groups in total. The molecule has 36 heavy (non-hydrogen) atoms. The molecule has 0 bridgehead atoms. The van der Waals surface area contributed by atoms with Crippen LogP contribution in [0.2, 0.25) is 0 Å². The molecule has 2 saturated carbocycles. The maximum absolute atomic E-state index is 13.2. The smallest absolute Gasteiger partial charge is 0.259 e. The third-order valence-corrected chi connectivity index (χ3v) is 7.64. The van der Waals surface area contributed by atoms with Gasteiger partial charge in [0.25, 0.3) is 11.8 Å². The average Bonchev–Trinajstić information content (AvgIpc) is 3.55. The van der Waals surface area contributed by atoms with Gasteiger partial charge in [-0.1, -0.05) is 5.57 Å². The van der Waals surface area contributed by atoms with E-state index in [0.717, 1.165) is 60.1 Å². The summed E-state index contributed by atoms with van der Waals surface area (Å²) in [5, 5.41) is 17.2. The molecule has 0 unspecified atom stereocenters. The van der Waals surface area contributed by atoms with E-state index in [1.165, 1.54) is 10.1 Å². The largest absolute Gasteiger partial charge is 0.393 e. The minimum atomic E-state index is -0.398. The van der Waals surface area contributed by atoms with Crippen molar-refractivity contribution in [3.8, 4) is 11.3 Å². The van der Waals surface area contributed by atoms with Crippen molar-refractivity contribution in [3.05, 3.63) is 57.9 Å². The average molecular weight is 487 g/mol. The van der Waals surface area contributed by atoms with Crippen molar-refractivity contribution in [2.24, 2.45) is 0 Å². The third kappa shape index (κ3) is 3.83. The van der Waals surface area contributed by atoms with Gasteiger partial charge in [0.2, 0.25) is 0 Å². The minimum absolute atomic E-state index is 0.0599. The molecular formula is C27H30N6O3. The number of hydrogen-bond donors (Lipinski definition) is 3. The second-order valence-electron chi connectivity index (χ2n) is 10.2. The highest BCUT2D eigenvalue weighted by molar-refractivity contribution is 6.04. The van der Waals surface area contributed by atoms with Crippen molar-refractivity contribution in [1.82, 2.24) is 24.8 Å². The number of aryl methyl sites for hydroxylation is 1. The third-order valence-electron chi connectivity index (χ3n) is 7.64.